The summed E-state index contributed by atoms with van der Waals surface area (Å²) >= 11 is 0. The van der Waals surface area contributed by atoms with E-state index in [2.05, 4.69) is 34.0 Å². The number of benzene rings is 6. The molecule has 4 heterocycles. The van der Waals surface area contributed by atoms with Crippen LogP contribution in [0, 0.1) is 27.9 Å². The normalized spacial score (nSPS) is 21.0. The Morgan fingerprint density at radius 2 is 1.60 bits per heavy atom. The number of hydrogen-bond acceptors (Lipinski definition) is 13. The third kappa shape index (κ3) is 8.27. The molecular weight excluding hydrogens is 919 g/mol. The van der Waals surface area contributed by atoms with Gasteiger partial charge in [0.05, 0.1) is 40.7 Å². The van der Waals surface area contributed by atoms with E-state index in [9.17, 15) is 20.0 Å². The molecule has 0 bridgehead atoms. The zero-order valence-electron chi connectivity index (χ0n) is 38.4. The number of nitro benzene ring substituents is 1. The smallest absolute Gasteiger partial charge is 0.421 e. The van der Waals surface area contributed by atoms with E-state index in [0.717, 1.165) is 10.4 Å². The molecule has 17 heteroatoms. The van der Waals surface area contributed by atoms with Gasteiger partial charge < -0.3 is 24.6 Å². The first-order valence-corrected chi connectivity index (χ1v) is 23.1. The van der Waals surface area contributed by atoms with Gasteiger partial charge in [-0.1, -0.05) is 108 Å². The summed E-state index contributed by atoms with van der Waals surface area (Å²) in [6.45, 7) is 3.18. The molecule has 3 amide bonds. The molecule has 6 aromatic carbocycles. The Morgan fingerprint density at radius 1 is 0.875 bits per heavy atom. The number of carbonyl (C=O) groups excluding carboxylic acids is 4. The van der Waals surface area contributed by atoms with Crippen LogP contribution in [-0.2, 0) is 42.4 Å². The number of nitrogens with zero attached hydrogens (tertiary/aromatic N) is 6. The summed E-state index contributed by atoms with van der Waals surface area (Å²) in [5.74, 6) is 2.75. The molecule has 7 aromatic rings. The highest BCUT2D eigenvalue weighted by molar-refractivity contribution is 6.23. The molecule has 2 N–H and O–H groups in total. The number of amides is 3. The highest BCUT2D eigenvalue weighted by atomic mass is 16.6. The number of imide groups is 1. The minimum absolute atomic E-state index is 0.0401. The number of carbonyl (C=O) groups is 4. The van der Waals surface area contributed by atoms with Crippen molar-refractivity contribution in [2.24, 2.45) is 5.92 Å². The maximum absolute atomic E-state index is 16.5. The number of morpholine rings is 1. The van der Waals surface area contributed by atoms with Crippen molar-refractivity contribution in [3.05, 3.63) is 208 Å². The molecule has 360 valence electrons. The second-order valence-corrected chi connectivity index (χ2v) is 17.3. The topological polar surface area (TPSA) is 209 Å². The number of fused-ring (bicyclic) bond motifs is 4. The van der Waals surface area contributed by atoms with Crippen LogP contribution in [-0.4, -0.2) is 79.6 Å². The van der Waals surface area contributed by atoms with E-state index in [1.165, 1.54) is 30.3 Å². The van der Waals surface area contributed by atoms with E-state index >= 15 is 14.4 Å². The zero-order chi connectivity index (χ0) is 49.9. The van der Waals surface area contributed by atoms with E-state index in [0.29, 0.717) is 39.1 Å². The van der Waals surface area contributed by atoms with Crippen LogP contribution in [0.3, 0.4) is 0 Å². The summed E-state index contributed by atoms with van der Waals surface area (Å²) in [7, 11) is 0. The maximum atomic E-state index is 16.5. The van der Waals surface area contributed by atoms with E-state index in [1.807, 2.05) is 89.8 Å². The Morgan fingerprint density at radius 3 is 2.33 bits per heavy atom. The molecule has 72 heavy (non-hydrogen) atoms. The molecule has 10 rings (SSSR count). The Balaban J connectivity index is 1.21. The number of nitro groups is 1. The summed E-state index contributed by atoms with van der Waals surface area (Å²) in [5.41, 5.74) is 2.04. The number of nitrogens with one attached hydrogen (secondary N) is 1. The maximum Gasteiger partial charge on any atom is 0.421 e. The molecule has 2 fully saturated rings. The van der Waals surface area contributed by atoms with Gasteiger partial charge in [-0.2, -0.15) is 0 Å². The lowest BCUT2D eigenvalue weighted by Crippen LogP contribution is -2.55. The average molecular weight is 964 g/mol. The number of anilines is 1. The van der Waals surface area contributed by atoms with E-state index in [-0.39, 0.29) is 49.8 Å². The van der Waals surface area contributed by atoms with E-state index < -0.39 is 64.4 Å². The predicted octanol–water partition coefficient (Wildman–Crippen LogP) is 7.07. The Bertz CT molecular complexity index is 3300. The first kappa shape index (κ1) is 46.7. The second-order valence-electron chi connectivity index (χ2n) is 17.3. The van der Waals surface area contributed by atoms with Gasteiger partial charge in [0, 0.05) is 24.2 Å². The van der Waals surface area contributed by atoms with Gasteiger partial charge in [0.1, 0.15) is 48.6 Å². The first-order valence-electron chi connectivity index (χ1n) is 23.1. The van der Waals surface area contributed by atoms with Gasteiger partial charge in [0.25, 0.3) is 5.69 Å². The summed E-state index contributed by atoms with van der Waals surface area (Å²) in [6.07, 6.45) is -0.594. The number of cyclic esters (lactones) is 1. The molecule has 1 aromatic heterocycles. The summed E-state index contributed by atoms with van der Waals surface area (Å²) < 4.78 is 20.0. The van der Waals surface area contributed by atoms with Gasteiger partial charge in [0.2, 0.25) is 11.8 Å². The van der Waals surface area contributed by atoms with Gasteiger partial charge in [-0.25, -0.2) is 14.4 Å². The van der Waals surface area contributed by atoms with Gasteiger partial charge in [-0.3, -0.25) is 29.4 Å². The molecule has 1 spiro atoms. The number of para-hydroxylation sites is 1. The molecule has 0 unspecified atom stereocenters. The number of esters is 1. The third-order valence-electron chi connectivity index (χ3n) is 13.3. The summed E-state index contributed by atoms with van der Waals surface area (Å²) in [5, 5.41) is 32.6. The fraction of sp³-hybridized carbons (Fsp3) is 0.200. The van der Waals surface area contributed by atoms with Crippen LogP contribution < -0.4 is 15.0 Å². The highest BCUT2D eigenvalue weighted by Crippen LogP contribution is 2.66. The number of hydrogen-bond donors (Lipinski definition) is 2. The third-order valence-corrected chi connectivity index (χ3v) is 13.3. The monoisotopic (exact) mass is 963 g/mol. The largest absolute Gasteiger partial charge is 0.491 e. The van der Waals surface area contributed by atoms with Crippen LogP contribution >= 0.6 is 0 Å². The molecule has 2 saturated heterocycles. The van der Waals surface area contributed by atoms with Gasteiger partial charge >= 0.3 is 12.1 Å². The molecule has 17 nitrogen and oxygen atoms in total. The van der Waals surface area contributed by atoms with Gasteiger partial charge in [0.15, 0.2) is 0 Å². The van der Waals surface area contributed by atoms with Crippen molar-refractivity contribution in [1.82, 2.24) is 25.2 Å². The van der Waals surface area contributed by atoms with Crippen LogP contribution in [0.25, 0.3) is 11.0 Å². The van der Waals surface area contributed by atoms with Crippen molar-refractivity contribution >= 4 is 46.3 Å². The van der Waals surface area contributed by atoms with Gasteiger partial charge in [-0.05, 0) is 82.4 Å². The molecule has 0 aliphatic carbocycles. The number of aromatic nitrogens is 3. The SMILES string of the molecule is C=CCNC(=O)[C@H]1[C@@H]2C(=O)O[C@@H](c3ccccc3)[C@@H](c3ccccc3)N2[C@@H](c2cccc(OCCO)c2)[C@]12C(=O)N(C(=O)OCc1ccc([N+](=O)[O-])cc1)c1ccc(C#CCn3nnc4ccccc43)cc12. The standard InChI is InChI=1S/C55H45N7O10/c1-2-28-56-51(64)46-48-52(65)72-49(38-16-7-4-8-17-38)47(37-14-5-3-6-15-37)61(48)50(39-18-11-19-41(33-39)70-31-30-63)55(46)42-32-35(13-12-29-59-45-21-10-9-20-43(45)57-58-59)24-27-44(42)60(53(55)66)54(67)71-34-36-22-25-40(26-23-36)62(68)69/h2-11,14-27,32-33,46-50,63H,1,28-31,34H2,(H,56,64)/t46-,47-,48-,49+,50+,55-/m1/s1. The molecule has 3 aliphatic rings. The van der Waals surface area contributed by atoms with Crippen molar-refractivity contribution < 1.29 is 43.4 Å². The Hall–Kier alpha value is -8.98. The van der Waals surface area contributed by atoms with Crippen molar-refractivity contribution in [1.29, 1.82) is 0 Å². The summed E-state index contributed by atoms with van der Waals surface area (Å²) in [4.78, 5) is 75.7. The van der Waals surface area contributed by atoms with Crippen molar-refractivity contribution in [2.45, 2.75) is 42.8 Å². The molecular formula is C55H45N7O10. The number of rotatable bonds is 13. The van der Waals surface area contributed by atoms with Crippen LogP contribution in [0.4, 0.5) is 16.2 Å². The molecule has 3 aliphatic heterocycles. The number of non-ortho nitro benzene ring substituents is 1. The zero-order valence-corrected chi connectivity index (χ0v) is 38.4. The molecule has 0 radical (unpaired) electrons. The highest BCUT2D eigenvalue weighted by Gasteiger charge is 2.75. The molecule has 0 saturated carbocycles. The fourth-order valence-corrected chi connectivity index (χ4v) is 10.4. The predicted molar refractivity (Wildman–Crippen MR) is 262 cm³/mol. The Labute approximate surface area is 412 Å². The first-order chi connectivity index (χ1) is 35.1. The van der Waals surface area contributed by atoms with Crippen molar-refractivity contribution in [3.8, 4) is 17.6 Å². The number of aliphatic hydroxyl groups excluding tert-OH is 1. The number of ether oxygens (including phenoxy) is 3. The van der Waals surface area contributed by atoms with E-state index in [1.54, 1.807) is 47.1 Å². The van der Waals surface area contributed by atoms with Crippen LogP contribution in [0.5, 0.6) is 5.75 Å². The lowest BCUT2D eigenvalue weighted by atomic mass is 9.65. The quantitative estimate of drug-likeness (QED) is 0.0390. The Kier molecular flexibility index (Phi) is 12.8. The fourth-order valence-electron chi connectivity index (χ4n) is 10.4. The van der Waals surface area contributed by atoms with Gasteiger partial charge in [-0.15, -0.1) is 11.7 Å². The summed E-state index contributed by atoms with van der Waals surface area (Å²) in [6, 6.07) is 39.7. The molecule has 6 atom stereocenters. The minimum Gasteiger partial charge on any atom is -0.491 e. The van der Waals surface area contributed by atoms with Crippen LogP contribution in [0.15, 0.2) is 164 Å². The van der Waals surface area contributed by atoms with Crippen molar-refractivity contribution in [3.63, 3.8) is 0 Å². The minimum atomic E-state index is -2.13. The van der Waals surface area contributed by atoms with Crippen LogP contribution in [0.2, 0.25) is 0 Å². The second kappa shape index (κ2) is 19.8. The van der Waals surface area contributed by atoms with Crippen molar-refractivity contribution in [2.75, 3.05) is 24.7 Å². The van der Waals surface area contributed by atoms with Crippen LogP contribution in [0.1, 0.15) is 51.6 Å². The average Bonchev–Trinajstić information content (AvgIpc) is 4.05. The lowest BCUT2D eigenvalue weighted by molar-refractivity contribution is -0.384. The number of aliphatic hydroxyl groups is 1. The lowest BCUT2D eigenvalue weighted by Gasteiger charge is -2.46. The van der Waals surface area contributed by atoms with E-state index in [4.69, 9.17) is 14.2 Å².